The van der Waals surface area contributed by atoms with Crippen LogP contribution >= 0.6 is 27.3 Å². The monoisotopic (exact) mass is 385 g/mol. The van der Waals surface area contributed by atoms with Crippen LogP contribution in [0.1, 0.15) is 17.7 Å². The third kappa shape index (κ3) is 4.54. The van der Waals surface area contributed by atoms with Crippen LogP contribution in [0.25, 0.3) is 0 Å². The number of carboxylic acid groups (broad SMARTS) is 2. The molecule has 0 aliphatic heterocycles. The molecule has 1 rings (SSSR count). The molecule has 1 aromatic heterocycles. The molecule has 0 amide bonds. The molecular weight excluding hydrogens is 374 g/mol. The molecule has 0 bridgehead atoms. The number of hydrogen-bond donors (Lipinski definition) is 3. The fourth-order valence-electron chi connectivity index (χ4n) is 1.45. The van der Waals surface area contributed by atoms with Gasteiger partial charge < -0.3 is 10.2 Å². The Morgan fingerprint density at radius 3 is 2.45 bits per heavy atom. The van der Waals surface area contributed by atoms with Crippen LogP contribution in [0.5, 0.6) is 0 Å². The number of carbonyl (C=O) groups is 2. The summed E-state index contributed by atoms with van der Waals surface area (Å²) in [6.07, 6.45) is -0.764. The summed E-state index contributed by atoms with van der Waals surface area (Å²) in [5.41, 5.74) is 0. The summed E-state index contributed by atoms with van der Waals surface area (Å²) >= 11 is 4.36. The van der Waals surface area contributed by atoms with Gasteiger partial charge in [-0.05, 0) is 35.3 Å². The molecule has 0 radical (unpaired) electrons. The maximum atomic E-state index is 12.1. The van der Waals surface area contributed by atoms with Crippen molar-refractivity contribution >= 4 is 49.2 Å². The highest BCUT2D eigenvalue weighted by Crippen LogP contribution is 2.29. The zero-order valence-electron chi connectivity index (χ0n) is 10.3. The van der Waals surface area contributed by atoms with E-state index in [1.807, 2.05) is 4.72 Å². The highest BCUT2D eigenvalue weighted by atomic mass is 79.9. The van der Waals surface area contributed by atoms with Crippen molar-refractivity contribution in [3.63, 3.8) is 0 Å². The zero-order chi connectivity index (χ0) is 15.5. The first-order valence-corrected chi connectivity index (χ1v) is 8.45. The van der Waals surface area contributed by atoms with Crippen LogP contribution in [0.4, 0.5) is 0 Å². The SMILES string of the molecule is Cc1sc(Br)cc1S(=O)(=O)N[C@@H](CCC(=O)O)C(=O)O. The minimum atomic E-state index is -4.01. The minimum Gasteiger partial charge on any atom is -0.481 e. The van der Waals surface area contributed by atoms with E-state index in [1.165, 1.54) is 17.4 Å². The number of aryl methyl sites for hydroxylation is 1. The molecule has 7 nitrogen and oxygen atoms in total. The number of thiophene rings is 1. The minimum absolute atomic E-state index is 0.0176. The topological polar surface area (TPSA) is 121 Å². The van der Waals surface area contributed by atoms with Crippen LogP contribution in [0.15, 0.2) is 14.7 Å². The summed E-state index contributed by atoms with van der Waals surface area (Å²) in [5, 5.41) is 17.5. The number of rotatable bonds is 7. The van der Waals surface area contributed by atoms with E-state index in [4.69, 9.17) is 10.2 Å². The highest BCUT2D eigenvalue weighted by molar-refractivity contribution is 9.11. The molecule has 112 valence electrons. The maximum Gasteiger partial charge on any atom is 0.321 e. The molecule has 1 atom stereocenters. The molecule has 0 aliphatic carbocycles. The summed E-state index contributed by atoms with van der Waals surface area (Å²) in [6.45, 7) is 1.59. The molecule has 0 aliphatic rings. The van der Waals surface area contributed by atoms with Crippen molar-refractivity contribution in [3.8, 4) is 0 Å². The fourth-order valence-corrected chi connectivity index (χ4v) is 5.09. The Hall–Kier alpha value is -0.970. The number of sulfonamides is 1. The Morgan fingerprint density at radius 2 is 2.05 bits per heavy atom. The molecule has 0 fully saturated rings. The van der Waals surface area contributed by atoms with E-state index in [0.717, 1.165) is 0 Å². The van der Waals surface area contributed by atoms with E-state index >= 15 is 0 Å². The van der Waals surface area contributed by atoms with Gasteiger partial charge in [0.2, 0.25) is 10.0 Å². The average molecular weight is 386 g/mol. The van der Waals surface area contributed by atoms with E-state index in [2.05, 4.69) is 15.9 Å². The van der Waals surface area contributed by atoms with Crippen molar-refractivity contribution in [2.75, 3.05) is 0 Å². The summed E-state index contributed by atoms with van der Waals surface area (Å²) in [6, 6.07) is -0.104. The van der Waals surface area contributed by atoms with Gasteiger partial charge in [-0.3, -0.25) is 9.59 Å². The maximum absolute atomic E-state index is 12.1. The molecular formula is C10H12BrNO6S2. The van der Waals surface area contributed by atoms with E-state index in [1.54, 1.807) is 6.92 Å². The van der Waals surface area contributed by atoms with Gasteiger partial charge in [0.15, 0.2) is 0 Å². The van der Waals surface area contributed by atoms with Gasteiger partial charge in [0.1, 0.15) is 6.04 Å². The molecule has 20 heavy (non-hydrogen) atoms. The molecule has 0 aromatic carbocycles. The summed E-state index contributed by atoms with van der Waals surface area (Å²) in [7, 11) is -4.01. The second-order valence-corrected chi connectivity index (χ2v) is 8.23. The van der Waals surface area contributed by atoms with Gasteiger partial charge >= 0.3 is 11.9 Å². The van der Waals surface area contributed by atoms with Crippen LogP contribution in [0.3, 0.4) is 0 Å². The third-order valence-electron chi connectivity index (χ3n) is 2.37. The van der Waals surface area contributed by atoms with Crippen molar-refractivity contribution in [2.24, 2.45) is 0 Å². The lowest BCUT2D eigenvalue weighted by Crippen LogP contribution is -2.41. The van der Waals surface area contributed by atoms with E-state index in [-0.39, 0.29) is 11.3 Å². The van der Waals surface area contributed by atoms with Crippen molar-refractivity contribution in [1.82, 2.24) is 4.72 Å². The molecule has 0 spiro atoms. The number of halogens is 1. The van der Waals surface area contributed by atoms with E-state index in [9.17, 15) is 18.0 Å². The van der Waals surface area contributed by atoms with Crippen molar-refractivity contribution in [1.29, 1.82) is 0 Å². The smallest absolute Gasteiger partial charge is 0.321 e. The average Bonchev–Trinajstić information content (AvgIpc) is 2.64. The van der Waals surface area contributed by atoms with Crippen LogP contribution in [0.2, 0.25) is 0 Å². The lowest BCUT2D eigenvalue weighted by Gasteiger charge is -2.13. The summed E-state index contributed by atoms with van der Waals surface area (Å²) in [5.74, 6) is -2.60. The number of hydrogen-bond acceptors (Lipinski definition) is 5. The van der Waals surface area contributed by atoms with Crippen LogP contribution < -0.4 is 4.72 Å². The van der Waals surface area contributed by atoms with Crippen molar-refractivity contribution in [3.05, 3.63) is 14.7 Å². The molecule has 1 heterocycles. The van der Waals surface area contributed by atoms with Crippen molar-refractivity contribution < 1.29 is 28.2 Å². The molecule has 1 aromatic rings. The standard InChI is InChI=1S/C10H12BrNO6S2/c1-5-7(4-8(11)19-5)20(17,18)12-6(10(15)16)2-3-9(13)14/h4,6,12H,2-3H2,1H3,(H,13,14)(H,15,16)/t6-/m0/s1. The number of nitrogens with one attached hydrogen (secondary N) is 1. The van der Waals surface area contributed by atoms with Gasteiger partial charge in [-0.2, -0.15) is 4.72 Å². The Morgan fingerprint density at radius 1 is 1.45 bits per heavy atom. The third-order valence-corrected chi connectivity index (χ3v) is 5.65. The molecule has 3 N–H and O–H groups in total. The summed E-state index contributed by atoms with van der Waals surface area (Å²) in [4.78, 5) is 21.9. The Bertz CT molecular complexity index is 624. The Balaban J connectivity index is 2.94. The molecule has 0 saturated carbocycles. The van der Waals surface area contributed by atoms with Crippen LogP contribution in [-0.4, -0.2) is 36.6 Å². The first-order valence-electron chi connectivity index (χ1n) is 5.36. The first kappa shape index (κ1) is 17.1. The van der Waals surface area contributed by atoms with Gasteiger partial charge in [-0.1, -0.05) is 0 Å². The van der Waals surface area contributed by atoms with Gasteiger partial charge in [-0.15, -0.1) is 11.3 Å². The van der Waals surface area contributed by atoms with Gasteiger partial charge in [0.25, 0.3) is 0 Å². The predicted molar refractivity (Wildman–Crippen MR) is 75.4 cm³/mol. The van der Waals surface area contributed by atoms with E-state index in [0.29, 0.717) is 8.66 Å². The number of carboxylic acids is 2. The zero-order valence-corrected chi connectivity index (χ0v) is 13.5. The molecule has 0 unspecified atom stereocenters. The Kier molecular flexibility index (Phi) is 5.68. The first-order chi connectivity index (χ1) is 9.13. The Labute approximate surface area is 127 Å². The second-order valence-electron chi connectivity index (χ2n) is 3.92. The van der Waals surface area contributed by atoms with Gasteiger partial charge in [0.05, 0.1) is 8.68 Å². The van der Waals surface area contributed by atoms with Gasteiger partial charge in [-0.25, -0.2) is 8.42 Å². The lowest BCUT2D eigenvalue weighted by molar-refractivity contribution is -0.140. The second kappa shape index (κ2) is 6.66. The highest BCUT2D eigenvalue weighted by Gasteiger charge is 2.27. The normalized spacial score (nSPS) is 13.1. The lowest BCUT2D eigenvalue weighted by atomic mass is 10.2. The van der Waals surface area contributed by atoms with Crippen LogP contribution in [0, 0.1) is 6.92 Å². The summed E-state index contributed by atoms with van der Waals surface area (Å²) < 4.78 is 26.8. The van der Waals surface area contributed by atoms with Gasteiger partial charge in [0, 0.05) is 11.3 Å². The van der Waals surface area contributed by atoms with Crippen molar-refractivity contribution in [2.45, 2.75) is 30.7 Å². The molecule has 0 saturated heterocycles. The quantitative estimate of drug-likeness (QED) is 0.652. The largest absolute Gasteiger partial charge is 0.481 e. The predicted octanol–water partition coefficient (Wildman–Crippen LogP) is 1.42. The van der Waals surface area contributed by atoms with Crippen LogP contribution in [-0.2, 0) is 19.6 Å². The molecule has 10 heteroatoms. The number of aliphatic carboxylic acids is 2. The fraction of sp³-hybridized carbons (Fsp3) is 0.400. The van der Waals surface area contributed by atoms with E-state index < -0.39 is 34.4 Å².